The molecule has 0 heterocycles. The van der Waals surface area contributed by atoms with Crippen LogP contribution in [0.4, 0.5) is 0 Å². The molecule has 0 saturated carbocycles. The Hall–Kier alpha value is -2.01. The van der Waals surface area contributed by atoms with Gasteiger partial charge in [0.05, 0.1) is 0 Å². The van der Waals surface area contributed by atoms with Crippen LogP contribution in [0.25, 0.3) is 0 Å². The van der Waals surface area contributed by atoms with Crippen molar-refractivity contribution >= 4 is 18.0 Å². The molecule has 0 fully saturated rings. The lowest BCUT2D eigenvalue weighted by molar-refractivity contribution is -0.143. The monoisotopic (exact) mass is 221 g/mol. The van der Waals surface area contributed by atoms with Gasteiger partial charge in [0, 0.05) is 11.1 Å². The van der Waals surface area contributed by atoms with Crippen molar-refractivity contribution in [1.82, 2.24) is 0 Å². The van der Waals surface area contributed by atoms with E-state index in [0.717, 1.165) is 0 Å². The summed E-state index contributed by atoms with van der Waals surface area (Å²) < 4.78 is 0. The van der Waals surface area contributed by atoms with E-state index >= 15 is 0 Å². The number of aliphatic carboxylic acids is 1. The van der Waals surface area contributed by atoms with E-state index in [9.17, 15) is 14.4 Å². The van der Waals surface area contributed by atoms with Gasteiger partial charge in [-0.25, -0.2) is 4.79 Å². The van der Waals surface area contributed by atoms with Gasteiger partial charge < -0.3 is 10.2 Å². The summed E-state index contributed by atoms with van der Waals surface area (Å²) >= 11 is 0. The summed E-state index contributed by atoms with van der Waals surface area (Å²) in [6.45, 7) is 1.59. The molecule has 0 aliphatic heterocycles. The van der Waals surface area contributed by atoms with E-state index in [1.165, 1.54) is 12.1 Å². The maximum atomic E-state index is 11.5. The van der Waals surface area contributed by atoms with E-state index in [4.69, 9.17) is 10.2 Å². The normalized spacial score (nSPS) is 11.9. The highest BCUT2D eigenvalue weighted by Crippen LogP contribution is 2.14. The van der Waals surface area contributed by atoms with Gasteiger partial charge in [-0.3, -0.25) is 9.59 Å². The molecule has 5 nitrogen and oxygen atoms in total. The van der Waals surface area contributed by atoms with Crippen molar-refractivity contribution in [3.05, 3.63) is 34.9 Å². The second kappa shape index (κ2) is 4.67. The van der Waals surface area contributed by atoms with Crippen molar-refractivity contribution in [3.8, 4) is 0 Å². The Morgan fingerprint density at radius 1 is 1.38 bits per heavy atom. The van der Waals surface area contributed by atoms with Gasteiger partial charge in [-0.1, -0.05) is 18.2 Å². The Morgan fingerprint density at radius 2 is 2.00 bits per heavy atom. The van der Waals surface area contributed by atoms with Crippen LogP contribution in [-0.4, -0.2) is 34.4 Å². The number of carbonyl (C=O) groups excluding carboxylic acids is 2. The van der Waals surface area contributed by atoms with E-state index < -0.39 is 17.9 Å². The molecule has 83 valence electrons. The Balaban J connectivity index is 3.23. The number of hydrogen-bond acceptors (Lipinski definition) is 4. The van der Waals surface area contributed by atoms with Gasteiger partial charge >= 0.3 is 5.97 Å². The van der Waals surface area contributed by atoms with E-state index in [0.29, 0.717) is 5.56 Å². The molecule has 16 heavy (non-hydrogen) atoms. The zero-order valence-corrected chi connectivity index (χ0v) is 8.43. The average Bonchev–Trinajstić information content (AvgIpc) is 2.26. The second-order valence-electron chi connectivity index (χ2n) is 3.20. The van der Waals surface area contributed by atoms with Crippen LogP contribution in [0.1, 0.15) is 21.5 Å². The van der Waals surface area contributed by atoms with E-state index in [1.54, 1.807) is 19.3 Å². The fourth-order valence-corrected chi connectivity index (χ4v) is 1.27. The summed E-state index contributed by atoms with van der Waals surface area (Å²) in [4.78, 5) is 32.6. The van der Waals surface area contributed by atoms with E-state index in [2.05, 4.69) is 0 Å². The minimum atomic E-state index is -2.16. The molecule has 1 rings (SSSR count). The topological polar surface area (TPSA) is 91.7 Å². The fraction of sp³-hybridized carbons (Fsp3) is 0.182. The number of Topliss-reactive ketones (excluding diaryl/α,β-unsaturated/α-hetero) is 1. The molecular weight excluding hydrogens is 212 g/mol. The molecule has 0 spiro atoms. The highest BCUT2D eigenvalue weighted by Gasteiger charge is 2.26. The van der Waals surface area contributed by atoms with Crippen LogP contribution < -0.4 is 0 Å². The van der Waals surface area contributed by atoms with Crippen LogP contribution >= 0.6 is 0 Å². The standard InChI is InChI=1S/C11H9O5/c1-6-3-2-4-7(8(6)5-12)9(13)10(14)11(15)16/h2-4,10,14H,1H3,(H,15,16). The van der Waals surface area contributed by atoms with Crippen LogP contribution in [0.3, 0.4) is 0 Å². The fourth-order valence-electron chi connectivity index (χ4n) is 1.27. The lowest BCUT2D eigenvalue weighted by atomic mass is 9.97. The number of benzene rings is 1. The minimum Gasteiger partial charge on any atom is -0.479 e. The molecule has 0 amide bonds. The number of rotatable bonds is 4. The summed E-state index contributed by atoms with van der Waals surface area (Å²) in [5, 5.41) is 17.6. The molecule has 0 bridgehead atoms. The molecule has 1 atom stereocenters. The maximum Gasteiger partial charge on any atom is 0.340 e. The molecule has 0 aliphatic rings. The van der Waals surface area contributed by atoms with Crippen molar-refractivity contribution in [1.29, 1.82) is 0 Å². The molecule has 0 saturated heterocycles. The molecular formula is C11H9O5. The Labute approximate surface area is 91.3 Å². The van der Waals surface area contributed by atoms with Gasteiger partial charge in [0.25, 0.3) is 0 Å². The number of aliphatic hydroxyl groups is 1. The van der Waals surface area contributed by atoms with Crippen molar-refractivity contribution < 1.29 is 24.6 Å². The molecule has 1 unspecified atom stereocenters. The lowest BCUT2D eigenvalue weighted by Crippen LogP contribution is -2.30. The molecule has 2 N–H and O–H groups in total. The first-order chi connectivity index (χ1) is 7.49. The number of carboxylic acid groups (broad SMARTS) is 1. The van der Waals surface area contributed by atoms with Crippen LogP contribution in [0.15, 0.2) is 18.2 Å². The summed E-state index contributed by atoms with van der Waals surface area (Å²) in [5.74, 6) is -2.67. The maximum absolute atomic E-state index is 11.5. The number of aryl methyl sites for hydroxylation is 1. The third-order valence-electron chi connectivity index (χ3n) is 2.12. The molecule has 0 aliphatic carbocycles. The Morgan fingerprint density at radius 3 is 2.50 bits per heavy atom. The van der Waals surface area contributed by atoms with Gasteiger partial charge in [-0.2, -0.15) is 0 Å². The highest BCUT2D eigenvalue weighted by atomic mass is 16.4. The van der Waals surface area contributed by atoms with Crippen molar-refractivity contribution in [2.75, 3.05) is 0 Å². The van der Waals surface area contributed by atoms with Crippen LogP contribution in [0.5, 0.6) is 0 Å². The third kappa shape index (κ3) is 2.14. The first-order valence-corrected chi connectivity index (χ1v) is 4.42. The number of carbonyl (C=O) groups is 2. The summed E-state index contributed by atoms with van der Waals surface area (Å²) in [6.07, 6.45) is -0.595. The van der Waals surface area contributed by atoms with E-state index in [-0.39, 0.29) is 11.1 Å². The van der Waals surface area contributed by atoms with Gasteiger partial charge in [-0.15, -0.1) is 0 Å². The van der Waals surface area contributed by atoms with Gasteiger partial charge in [0.15, 0.2) is 0 Å². The average molecular weight is 221 g/mol. The number of carboxylic acids is 1. The first-order valence-electron chi connectivity index (χ1n) is 4.42. The zero-order valence-electron chi connectivity index (χ0n) is 8.43. The number of aliphatic hydroxyl groups excluding tert-OH is 1. The predicted molar refractivity (Wildman–Crippen MR) is 53.9 cm³/mol. The smallest absolute Gasteiger partial charge is 0.340 e. The largest absolute Gasteiger partial charge is 0.479 e. The quantitative estimate of drug-likeness (QED) is 0.555. The van der Waals surface area contributed by atoms with Crippen LogP contribution in [-0.2, 0) is 9.59 Å². The molecule has 5 heteroatoms. The minimum absolute atomic E-state index is 0.0206. The van der Waals surface area contributed by atoms with Gasteiger partial charge in [0.2, 0.25) is 18.2 Å². The van der Waals surface area contributed by atoms with Gasteiger partial charge in [-0.05, 0) is 12.5 Å². The zero-order chi connectivity index (χ0) is 12.3. The predicted octanol–water partition coefficient (Wildman–Crippen LogP) is 0.0810. The second-order valence-corrected chi connectivity index (χ2v) is 3.20. The summed E-state index contributed by atoms with van der Waals surface area (Å²) in [5.41, 5.74) is 0.344. The Kier molecular flexibility index (Phi) is 3.52. The number of ketones is 1. The van der Waals surface area contributed by atoms with Crippen LogP contribution in [0, 0.1) is 6.92 Å². The third-order valence-corrected chi connectivity index (χ3v) is 2.12. The molecule has 1 aromatic rings. The molecule has 0 aromatic heterocycles. The Bertz CT molecular complexity index is 450. The van der Waals surface area contributed by atoms with Crippen molar-refractivity contribution in [2.45, 2.75) is 13.0 Å². The lowest BCUT2D eigenvalue weighted by Gasteiger charge is -2.08. The summed E-state index contributed by atoms with van der Waals surface area (Å²) in [7, 11) is 0. The summed E-state index contributed by atoms with van der Waals surface area (Å²) in [6, 6.07) is 4.36. The van der Waals surface area contributed by atoms with E-state index in [1.807, 2.05) is 0 Å². The van der Waals surface area contributed by atoms with Crippen LogP contribution in [0.2, 0.25) is 0 Å². The van der Waals surface area contributed by atoms with Gasteiger partial charge in [0.1, 0.15) is 0 Å². The van der Waals surface area contributed by atoms with Crippen molar-refractivity contribution in [3.63, 3.8) is 0 Å². The number of hydrogen-bond donors (Lipinski definition) is 2. The molecule has 1 aromatic carbocycles. The SMILES string of the molecule is Cc1cccc(C(=O)C(O)C(=O)O)c1[C]=O. The van der Waals surface area contributed by atoms with Crippen molar-refractivity contribution in [2.24, 2.45) is 0 Å². The first kappa shape index (κ1) is 12.1. The highest BCUT2D eigenvalue weighted by molar-refractivity contribution is 6.13. The molecule has 1 radical (unpaired) electrons.